The highest BCUT2D eigenvalue weighted by atomic mass is 17.1. The first kappa shape index (κ1) is 29.1. The zero-order valence-electron chi connectivity index (χ0n) is 24.0. The lowest BCUT2D eigenvalue weighted by Gasteiger charge is -2.37. The molecule has 5 N–H and O–H groups in total. The lowest BCUT2D eigenvalue weighted by molar-refractivity contribution is -0.137. The molecule has 0 amide bonds. The number of benzene rings is 2. The number of aryl methyl sites for hydroxylation is 1. The smallest absolute Gasteiger partial charge is 0.222 e. The molecule has 1 fully saturated rings. The molecule has 0 atom stereocenters. The van der Waals surface area contributed by atoms with Gasteiger partial charge in [-0.3, -0.25) is 4.90 Å². The molecule has 0 spiro atoms. The molecule has 2 heterocycles. The second kappa shape index (κ2) is 13.1. The van der Waals surface area contributed by atoms with Gasteiger partial charge in [-0.25, -0.2) is 10.2 Å². The van der Waals surface area contributed by atoms with Crippen molar-refractivity contribution in [1.29, 1.82) is 0 Å². The summed E-state index contributed by atoms with van der Waals surface area (Å²) >= 11 is 0. The number of hydrogen-bond acceptors (Lipinski definition) is 11. The number of nitrogens with two attached hydrogens (primary N) is 1. The van der Waals surface area contributed by atoms with Gasteiger partial charge in [0.1, 0.15) is 18.2 Å². The summed E-state index contributed by atoms with van der Waals surface area (Å²) in [5, 5.41) is 27.3. The number of fused-ring (bicyclic) bond motifs is 3. The average Bonchev–Trinajstić information content (AvgIpc) is 3.51. The van der Waals surface area contributed by atoms with Crippen LogP contribution >= 0.6 is 0 Å². The van der Waals surface area contributed by atoms with Crippen molar-refractivity contribution in [1.82, 2.24) is 14.9 Å². The Morgan fingerprint density at radius 1 is 0.907 bits per heavy atom. The van der Waals surface area contributed by atoms with Crippen LogP contribution < -0.4 is 20.3 Å². The molecule has 6 rings (SSSR count). The summed E-state index contributed by atoms with van der Waals surface area (Å²) in [6.45, 7) is 5.88. The minimum absolute atomic E-state index is 0.278. The zero-order valence-corrected chi connectivity index (χ0v) is 24.0. The van der Waals surface area contributed by atoms with E-state index in [-0.39, 0.29) is 5.95 Å². The van der Waals surface area contributed by atoms with Crippen molar-refractivity contribution >= 4 is 11.8 Å². The van der Waals surface area contributed by atoms with Crippen molar-refractivity contribution in [2.45, 2.75) is 32.2 Å². The Kier molecular flexibility index (Phi) is 8.87. The monoisotopic (exact) mass is 587 g/mol. The second-order valence-electron chi connectivity index (χ2n) is 11.1. The summed E-state index contributed by atoms with van der Waals surface area (Å²) in [5.74, 6) is 2.39. The van der Waals surface area contributed by atoms with E-state index in [0.29, 0.717) is 37.6 Å². The first-order chi connectivity index (χ1) is 21.0. The Hall–Kier alpha value is -4.00. The Labute approximate surface area is 250 Å². The van der Waals surface area contributed by atoms with Crippen LogP contribution in [0.2, 0.25) is 0 Å². The van der Waals surface area contributed by atoms with E-state index in [0.717, 1.165) is 85.1 Å². The number of piperazine rings is 1. The Balaban J connectivity index is 1.03. The van der Waals surface area contributed by atoms with E-state index >= 15 is 0 Å². The van der Waals surface area contributed by atoms with Gasteiger partial charge in [-0.2, -0.15) is 4.98 Å². The summed E-state index contributed by atoms with van der Waals surface area (Å²) in [7, 11) is 0. The molecule has 226 valence electrons. The largest absolute Gasteiger partial charge is 0.489 e. The van der Waals surface area contributed by atoms with E-state index in [1.807, 2.05) is 24.3 Å². The van der Waals surface area contributed by atoms with Gasteiger partial charge in [0.25, 0.3) is 0 Å². The minimum atomic E-state index is -1.39. The molecule has 0 radical (unpaired) electrons. The van der Waals surface area contributed by atoms with Crippen LogP contribution in [-0.2, 0) is 24.2 Å². The molecule has 11 heteroatoms. The molecule has 2 aromatic carbocycles. The number of allylic oxidation sites excluding steroid dienone is 2. The molecule has 0 unspecified atom stereocenters. The summed E-state index contributed by atoms with van der Waals surface area (Å²) in [5.41, 5.74) is 13.2. The van der Waals surface area contributed by atoms with E-state index in [1.165, 1.54) is 5.56 Å². The van der Waals surface area contributed by atoms with Crippen LogP contribution in [0.1, 0.15) is 23.1 Å². The summed E-state index contributed by atoms with van der Waals surface area (Å²) < 4.78 is 11.9. The third kappa shape index (κ3) is 6.82. The SMILES string of the molecule is Nc1nc2c(c(N3CCN(CCOCC4=CC=C(C(O)O)C4)CC3)n1)CCc1cc(OCc3ccc(OO)cc3)ccc1-2. The van der Waals surface area contributed by atoms with Gasteiger partial charge in [0, 0.05) is 43.9 Å². The molecule has 0 bridgehead atoms. The van der Waals surface area contributed by atoms with E-state index < -0.39 is 6.29 Å². The molecular weight excluding hydrogens is 550 g/mol. The van der Waals surface area contributed by atoms with Crippen molar-refractivity contribution < 1.29 is 29.8 Å². The third-order valence-electron chi connectivity index (χ3n) is 8.22. The van der Waals surface area contributed by atoms with Gasteiger partial charge in [0.05, 0.1) is 18.9 Å². The number of aliphatic hydroxyl groups excluding tert-OH is 1. The molecule has 1 aliphatic heterocycles. The van der Waals surface area contributed by atoms with Gasteiger partial charge in [0.15, 0.2) is 12.0 Å². The van der Waals surface area contributed by atoms with Gasteiger partial charge in [-0.1, -0.05) is 24.3 Å². The molecule has 2 aliphatic carbocycles. The maximum Gasteiger partial charge on any atom is 0.222 e. The zero-order chi connectivity index (χ0) is 29.8. The van der Waals surface area contributed by atoms with E-state index in [2.05, 4.69) is 31.8 Å². The van der Waals surface area contributed by atoms with E-state index in [9.17, 15) is 10.2 Å². The molecule has 3 aliphatic rings. The minimum Gasteiger partial charge on any atom is -0.489 e. The average molecular weight is 588 g/mol. The Morgan fingerprint density at radius 3 is 2.44 bits per heavy atom. The first-order valence-corrected chi connectivity index (χ1v) is 14.6. The maximum atomic E-state index is 9.29. The van der Waals surface area contributed by atoms with Crippen molar-refractivity contribution in [2.75, 3.05) is 56.6 Å². The van der Waals surface area contributed by atoms with E-state index in [4.69, 9.17) is 25.4 Å². The normalized spacial score (nSPS) is 16.5. The van der Waals surface area contributed by atoms with Gasteiger partial charge in [0.2, 0.25) is 5.95 Å². The molecular formula is C32H37N5O6. The highest BCUT2D eigenvalue weighted by Crippen LogP contribution is 2.38. The van der Waals surface area contributed by atoms with Crippen molar-refractivity contribution in [2.24, 2.45) is 0 Å². The number of nitrogen functional groups attached to an aromatic ring is 1. The van der Waals surface area contributed by atoms with Crippen LogP contribution in [0.5, 0.6) is 11.5 Å². The topological polar surface area (TPSA) is 147 Å². The first-order valence-electron chi connectivity index (χ1n) is 14.6. The van der Waals surface area contributed by atoms with Crippen LogP contribution in [0.4, 0.5) is 11.8 Å². The number of aliphatic hydroxyl groups is 2. The molecule has 0 saturated carbocycles. The number of anilines is 2. The van der Waals surface area contributed by atoms with E-state index in [1.54, 1.807) is 18.2 Å². The van der Waals surface area contributed by atoms with Gasteiger partial charge < -0.3 is 35.2 Å². The van der Waals surface area contributed by atoms with Crippen LogP contribution in [0.25, 0.3) is 11.3 Å². The molecule has 11 nitrogen and oxygen atoms in total. The number of aromatic nitrogens is 2. The predicted molar refractivity (Wildman–Crippen MR) is 162 cm³/mol. The van der Waals surface area contributed by atoms with Crippen LogP contribution in [0.3, 0.4) is 0 Å². The molecule has 3 aromatic rings. The van der Waals surface area contributed by atoms with Crippen molar-refractivity contribution in [3.63, 3.8) is 0 Å². The fourth-order valence-electron chi connectivity index (χ4n) is 5.84. The van der Waals surface area contributed by atoms with Crippen LogP contribution in [0.15, 0.2) is 65.8 Å². The Morgan fingerprint density at radius 2 is 1.70 bits per heavy atom. The quantitative estimate of drug-likeness (QED) is 0.114. The fourth-order valence-corrected chi connectivity index (χ4v) is 5.84. The highest BCUT2D eigenvalue weighted by molar-refractivity contribution is 5.76. The number of ether oxygens (including phenoxy) is 2. The highest BCUT2D eigenvalue weighted by Gasteiger charge is 2.27. The van der Waals surface area contributed by atoms with Gasteiger partial charge in [-0.15, -0.1) is 0 Å². The lowest BCUT2D eigenvalue weighted by Crippen LogP contribution is -2.48. The third-order valence-corrected chi connectivity index (χ3v) is 8.22. The molecule has 1 saturated heterocycles. The van der Waals surface area contributed by atoms with Crippen LogP contribution in [0, 0.1) is 0 Å². The Bertz CT molecular complexity index is 1500. The van der Waals surface area contributed by atoms with Gasteiger partial charge in [-0.05, 0) is 71.9 Å². The fraction of sp³-hybridized carbons (Fsp3) is 0.375. The van der Waals surface area contributed by atoms with Crippen molar-refractivity contribution in [3.05, 3.63) is 82.5 Å². The number of nitrogens with zero attached hydrogens (tertiary/aromatic N) is 4. The standard InChI is InChI=1S/C32H37N5O6/c33-32-34-29-27-10-8-26(42-20-21-2-6-25(43-40)7-3-21)18-23(27)5-9-28(29)30(35-32)37-13-11-36(12-14-37)15-16-41-19-22-1-4-24(17-22)31(38)39/h1-4,6-8,10,18,31,38-40H,5,9,11-17,19-20H2,(H2,33,34,35). The lowest BCUT2D eigenvalue weighted by atomic mass is 9.88. The number of hydrogen-bond donors (Lipinski definition) is 4. The number of rotatable bonds is 11. The molecule has 43 heavy (non-hydrogen) atoms. The van der Waals surface area contributed by atoms with Crippen molar-refractivity contribution in [3.8, 4) is 22.8 Å². The second-order valence-corrected chi connectivity index (χ2v) is 11.1. The van der Waals surface area contributed by atoms with Gasteiger partial charge >= 0.3 is 0 Å². The predicted octanol–water partition coefficient (Wildman–Crippen LogP) is 2.96. The molecule has 1 aromatic heterocycles. The summed E-state index contributed by atoms with van der Waals surface area (Å²) in [4.78, 5) is 18.3. The van der Waals surface area contributed by atoms with Crippen LogP contribution in [-0.4, -0.2) is 82.6 Å². The summed E-state index contributed by atoms with van der Waals surface area (Å²) in [6, 6.07) is 13.2. The maximum absolute atomic E-state index is 9.29. The summed E-state index contributed by atoms with van der Waals surface area (Å²) in [6.07, 6.45) is 4.52.